The van der Waals surface area contributed by atoms with Gasteiger partial charge >= 0.3 is 17.5 Å². The van der Waals surface area contributed by atoms with Crippen LogP contribution in [0, 0.1) is 10.1 Å². The molecule has 1 saturated heterocycles. The number of nitrogens with zero attached hydrogens (tertiary/aromatic N) is 5. The largest absolute Gasteiger partial charge is 0.573 e. The van der Waals surface area contributed by atoms with E-state index in [0.29, 0.717) is 37.4 Å². The third-order valence-electron chi connectivity index (χ3n) is 5.89. The number of halogens is 4. The molecule has 0 spiro atoms. The summed E-state index contributed by atoms with van der Waals surface area (Å²) in [6, 6.07) is 8.89. The molecule has 1 atom stereocenters. The number of hydrogen-bond donors (Lipinski definition) is 1. The Morgan fingerprint density at radius 1 is 1.13 bits per heavy atom. The van der Waals surface area contributed by atoms with Gasteiger partial charge in [-0.25, -0.2) is 4.98 Å². The lowest BCUT2D eigenvalue weighted by molar-refractivity contribution is -0.389. The third kappa shape index (κ3) is 8.35. The van der Waals surface area contributed by atoms with Crippen LogP contribution in [-0.2, 0) is 6.54 Å². The predicted octanol–water partition coefficient (Wildman–Crippen LogP) is 4.62. The van der Waals surface area contributed by atoms with Crippen LogP contribution in [-0.4, -0.2) is 62.8 Å². The molecule has 4 rings (SSSR count). The number of aliphatic hydroxyl groups is 1. The van der Waals surface area contributed by atoms with Crippen molar-refractivity contribution < 1.29 is 37.4 Å². The number of rotatable bonds is 11. The molecule has 3 heterocycles. The lowest BCUT2D eigenvalue weighted by Gasteiger charge is -2.33. The van der Waals surface area contributed by atoms with Gasteiger partial charge in [0.25, 0.3) is 0 Å². The first-order valence-electron chi connectivity index (χ1n) is 12.0. The molecule has 0 bridgehead atoms. The minimum atomic E-state index is -4.74. The summed E-state index contributed by atoms with van der Waals surface area (Å²) in [5.41, 5.74) is 0. The Balaban J connectivity index is 1.18. The predicted molar refractivity (Wildman–Crippen MR) is 133 cm³/mol. The van der Waals surface area contributed by atoms with Gasteiger partial charge in [0, 0.05) is 32.5 Å². The highest BCUT2D eigenvalue weighted by atomic mass is 35.5. The maximum absolute atomic E-state index is 12.3. The van der Waals surface area contributed by atoms with Crippen molar-refractivity contribution in [3.63, 3.8) is 0 Å². The number of hydrogen-bond acceptors (Lipinski definition) is 9. The summed E-state index contributed by atoms with van der Waals surface area (Å²) < 4.78 is 53.6. The zero-order chi connectivity index (χ0) is 28.0. The summed E-state index contributed by atoms with van der Waals surface area (Å²) in [5.74, 6) is 1.04. The Bertz CT molecular complexity index is 1230. The molecular weight excluding hydrogens is 547 g/mol. The fourth-order valence-corrected chi connectivity index (χ4v) is 4.17. The second-order valence-corrected chi connectivity index (χ2v) is 9.09. The minimum absolute atomic E-state index is 0.00147. The van der Waals surface area contributed by atoms with E-state index in [-0.39, 0.29) is 42.5 Å². The molecule has 0 radical (unpaired) electrons. The number of ether oxygens (including phenoxy) is 3. The van der Waals surface area contributed by atoms with Crippen LogP contribution < -0.4 is 19.1 Å². The van der Waals surface area contributed by atoms with Crippen LogP contribution >= 0.6 is 11.6 Å². The zero-order valence-corrected chi connectivity index (χ0v) is 21.2. The molecule has 1 unspecified atom stereocenters. The van der Waals surface area contributed by atoms with Gasteiger partial charge in [0.2, 0.25) is 0 Å². The molecule has 11 nitrogen and oxygen atoms in total. The third-order valence-corrected chi connectivity index (χ3v) is 6.20. The first-order valence-corrected chi connectivity index (χ1v) is 12.3. The van der Waals surface area contributed by atoms with Gasteiger partial charge < -0.3 is 34.3 Å². The smallest absolute Gasteiger partial charge is 0.490 e. The monoisotopic (exact) mass is 571 g/mol. The quantitative estimate of drug-likeness (QED) is 0.259. The lowest BCUT2D eigenvalue weighted by atomic mass is 10.1. The molecule has 0 aliphatic carbocycles. The Morgan fingerprint density at radius 3 is 2.38 bits per heavy atom. The first kappa shape index (κ1) is 28.2. The number of benzene rings is 1. The number of nitro groups is 1. The van der Waals surface area contributed by atoms with Gasteiger partial charge in [-0.1, -0.05) is 0 Å². The number of piperidine rings is 1. The molecule has 1 N–H and O–H groups in total. The zero-order valence-electron chi connectivity index (χ0n) is 20.5. The Hall–Kier alpha value is -3.78. The molecular formula is C24H25ClF3N5O6. The second kappa shape index (κ2) is 12.4. The Morgan fingerprint density at radius 2 is 1.79 bits per heavy atom. The fourth-order valence-electron chi connectivity index (χ4n) is 3.95. The summed E-state index contributed by atoms with van der Waals surface area (Å²) in [6.07, 6.45) is -1.22. The molecule has 39 heavy (non-hydrogen) atoms. The summed E-state index contributed by atoms with van der Waals surface area (Å²) in [7, 11) is 0. The van der Waals surface area contributed by atoms with Crippen molar-refractivity contribution >= 4 is 23.2 Å². The Kier molecular flexibility index (Phi) is 8.97. The SMILES string of the molecule is O=[N+]([O-])c1cn(CCC(O)COc2ccc(N3CCC(Oc4ccc(OC(F)(F)F)cc4)CC3)nc2)c(Cl)n1. The van der Waals surface area contributed by atoms with Gasteiger partial charge in [-0.15, -0.1) is 13.2 Å². The number of aryl methyl sites for hydroxylation is 1. The van der Waals surface area contributed by atoms with Crippen LogP contribution in [0.25, 0.3) is 0 Å². The summed E-state index contributed by atoms with van der Waals surface area (Å²) in [5, 5.41) is 20.9. The summed E-state index contributed by atoms with van der Waals surface area (Å²) >= 11 is 5.87. The van der Waals surface area contributed by atoms with Gasteiger partial charge in [0.05, 0.1) is 12.3 Å². The molecule has 15 heteroatoms. The van der Waals surface area contributed by atoms with Crippen molar-refractivity contribution in [2.45, 2.75) is 44.4 Å². The van der Waals surface area contributed by atoms with Gasteiger partial charge in [0.15, 0.2) is 0 Å². The van der Waals surface area contributed by atoms with E-state index in [2.05, 4.69) is 19.6 Å². The van der Waals surface area contributed by atoms with E-state index in [1.807, 2.05) is 6.07 Å². The van der Waals surface area contributed by atoms with E-state index in [0.717, 1.165) is 5.82 Å². The van der Waals surface area contributed by atoms with E-state index in [9.17, 15) is 28.4 Å². The molecule has 2 aromatic heterocycles. The number of aliphatic hydroxyl groups excluding tert-OH is 1. The molecule has 1 aliphatic heterocycles. The molecule has 3 aromatic rings. The average Bonchev–Trinajstić information content (AvgIpc) is 3.28. The standard InChI is InChI=1S/C24H25ClF3N5O6/c25-23-30-22(33(35)36)14-32(23)10-7-16(34)15-37-20-5-6-21(29-13-20)31-11-8-18(9-12-31)38-17-1-3-19(4-2-17)39-24(26,27)28/h1-6,13-14,16,18,34H,7-12,15H2. The molecule has 0 amide bonds. The average molecular weight is 572 g/mol. The number of alkyl halides is 3. The van der Waals surface area contributed by atoms with Crippen LogP contribution in [0.15, 0.2) is 48.8 Å². The summed E-state index contributed by atoms with van der Waals surface area (Å²) in [6.45, 7) is 1.60. The van der Waals surface area contributed by atoms with Gasteiger partial charge in [0.1, 0.15) is 42.0 Å². The van der Waals surface area contributed by atoms with Crippen LogP contribution in [0.3, 0.4) is 0 Å². The molecule has 1 aromatic carbocycles. The van der Waals surface area contributed by atoms with Crippen molar-refractivity contribution in [2.75, 3.05) is 24.6 Å². The van der Waals surface area contributed by atoms with E-state index in [1.165, 1.54) is 35.0 Å². The van der Waals surface area contributed by atoms with Crippen LogP contribution in [0.5, 0.6) is 17.2 Å². The molecule has 1 aliphatic rings. The summed E-state index contributed by atoms with van der Waals surface area (Å²) in [4.78, 5) is 20.3. The van der Waals surface area contributed by atoms with Crippen molar-refractivity contribution in [3.05, 3.63) is 64.2 Å². The molecule has 1 fully saturated rings. The van der Waals surface area contributed by atoms with Gasteiger partial charge in [-0.2, -0.15) is 0 Å². The van der Waals surface area contributed by atoms with Crippen LogP contribution in [0.2, 0.25) is 5.28 Å². The maximum Gasteiger partial charge on any atom is 0.573 e. The number of aromatic nitrogens is 3. The maximum atomic E-state index is 12.3. The first-order chi connectivity index (χ1) is 18.6. The van der Waals surface area contributed by atoms with E-state index in [4.69, 9.17) is 21.1 Å². The molecule has 210 valence electrons. The van der Waals surface area contributed by atoms with E-state index < -0.39 is 17.4 Å². The minimum Gasteiger partial charge on any atom is -0.490 e. The highest BCUT2D eigenvalue weighted by molar-refractivity contribution is 6.28. The van der Waals surface area contributed by atoms with E-state index >= 15 is 0 Å². The van der Waals surface area contributed by atoms with Gasteiger partial charge in [-0.3, -0.25) is 4.57 Å². The van der Waals surface area contributed by atoms with Crippen LogP contribution in [0.1, 0.15) is 19.3 Å². The number of anilines is 1. The number of imidazole rings is 1. The highest BCUT2D eigenvalue weighted by Gasteiger charge is 2.31. The van der Waals surface area contributed by atoms with Crippen molar-refractivity contribution in [3.8, 4) is 17.2 Å². The Labute approximate surface area is 225 Å². The van der Waals surface area contributed by atoms with Crippen LogP contribution in [0.4, 0.5) is 24.8 Å². The van der Waals surface area contributed by atoms with Gasteiger partial charge in [-0.05, 0) is 64.3 Å². The molecule has 0 saturated carbocycles. The highest BCUT2D eigenvalue weighted by Crippen LogP contribution is 2.27. The van der Waals surface area contributed by atoms with E-state index in [1.54, 1.807) is 12.3 Å². The topological polar surface area (TPSA) is 125 Å². The normalized spacial score (nSPS) is 15.2. The fraction of sp³-hybridized carbons (Fsp3) is 0.417. The number of pyridine rings is 1. The van der Waals surface area contributed by atoms with Crippen molar-refractivity contribution in [2.24, 2.45) is 0 Å². The lowest BCUT2D eigenvalue weighted by Crippen LogP contribution is -2.38. The van der Waals surface area contributed by atoms with Crippen molar-refractivity contribution in [1.29, 1.82) is 0 Å². The second-order valence-electron chi connectivity index (χ2n) is 8.75. The van der Waals surface area contributed by atoms with Crippen molar-refractivity contribution in [1.82, 2.24) is 14.5 Å².